The van der Waals surface area contributed by atoms with E-state index in [-0.39, 0.29) is 6.04 Å². The minimum absolute atomic E-state index is 0.0790. The molecular weight excluding hydrogens is 198 g/mol. The summed E-state index contributed by atoms with van der Waals surface area (Å²) < 4.78 is 0. The van der Waals surface area contributed by atoms with Gasteiger partial charge in [0.25, 0.3) is 0 Å². The molecule has 0 aromatic heterocycles. The van der Waals surface area contributed by atoms with E-state index >= 15 is 0 Å². The summed E-state index contributed by atoms with van der Waals surface area (Å²) in [4.78, 5) is 0. The molecule has 1 aliphatic rings. The third-order valence-electron chi connectivity index (χ3n) is 3.03. The zero-order valence-electron chi connectivity index (χ0n) is 9.43. The van der Waals surface area contributed by atoms with Gasteiger partial charge >= 0.3 is 0 Å². The van der Waals surface area contributed by atoms with Crippen LogP contribution in [0, 0.1) is 0 Å². The summed E-state index contributed by atoms with van der Waals surface area (Å²) in [6, 6.07) is 9.76. The highest BCUT2D eigenvalue weighted by Gasteiger charge is 2.27. The molecule has 3 N–H and O–H groups in total. The molecule has 1 aliphatic carbocycles. The van der Waals surface area contributed by atoms with Crippen molar-refractivity contribution in [2.24, 2.45) is 5.73 Å². The largest absolute Gasteiger partial charge is 0.381 e. The summed E-state index contributed by atoms with van der Waals surface area (Å²) in [5.41, 5.74) is 6.65. The quantitative estimate of drug-likeness (QED) is 0.793. The van der Waals surface area contributed by atoms with E-state index in [4.69, 9.17) is 5.73 Å². The average Bonchev–Trinajstić information content (AvgIpc) is 2.31. The highest BCUT2D eigenvalue weighted by Crippen LogP contribution is 2.31. The molecule has 2 rings (SSSR count). The lowest BCUT2D eigenvalue weighted by Crippen LogP contribution is -2.27. The van der Waals surface area contributed by atoms with E-state index in [0.717, 1.165) is 17.6 Å². The first-order valence-electron chi connectivity index (χ1n) is 5.53. The molecule has 16 heavy (non-hydrogen) atoms. The number of hydrogen-bond acceptors (Lipinski definition) is 2. The van der Waals surface area contributed by atoms with Crippen LogP contribution < -0.4 is 5.73 Å². The molecule has 1 aromatic carbocycles. The second-order valence-corrected chi connectivity index (χ2v) is 4.36. The maximum absolute atomic E-state index is 10.5. The Balaban J connectivity index is 2.30. The Bertz CT molecular complexity index is 418. The predicted molar refractivity (Wildman–Crippen MR) is 65.8 cm³/mol. The van der Waals surface area contributed by atoms with Crippen LogP contribution in [0.4, 0.5) is 0 Å². The van der Waals surface area contributed by atoms with Crippen LogP contribution >= 0.6 is 0 Å². The Kier molecular flexibility index (Phi) is 2.95. The van der Waals surface area contributed by atoms with E-state index in [1.807, 2.05) is 55.5 Å². The van der Waals surface area contributed by atoms with Crippen LogP contribution in [0.2, 0.25) is 0 Å². The number of nitrogens with two attached hydrogens (primary N) is 1. The van der Waals surface area contributed by atoms with Gasteiger partial charge in [-0.1, -0.05) is 48.6 Å². The lowest BCUT2D eigenvalue weighted by atomic mass is 9.84. The Morgan fingerprint density at radius 3 is 2.56 bits per heavy atom. The van der Waals surface area contributed by atoms with E-state index in [9.17, 15) is 5.11 Å². The van der Waals surface area contributed by atoms with E-state index in [1.54, 1.807) is 0 Å². The molecule has 2 atom stereocenters. The van der Waals surface area contributed by atoms with Gasteiger partial charge in [0.05, 0.1) is 0 Å². The highest BCUT2D eigenvalue weighted by atomic mass is 16.3. The fourth-order valence-electron chi connectivity index (χ4n) is 1.93. The van der Waals surface area contributed by atoms with Crippen molar-refractivity contribution in [1.29, 1.82) is 0 Å². The first-order valence-corrected chi connectivity index (χ1v) is 5.53. The van der Waals surface area contributed by atoms with E-state index < -0.39 is 5.60 Å². The molecule has 0 spiro atoms. The van der Waals surface area contributed by atoms with Crippen LogP contribution in [-0.2, 0) is 5.60 Å². The molecule has 1 aromatic rings. The lowest BCUT2D eigenvalue weighted by Gasteiger charge is -2.27. The maximum atomic E-state index is 10.5. The second-order valence-electron chi connectivity index (χ2n) is 4.36. The molecule has 84 valence electrons. The molecular formula is C14H17NO. The first-order chi connectivity index (χ1) is 7.60. The Labute approximate surface area is 96.1 Å². The molecule has 0 aliphatic heterocycles. The van der Waals surface area contributed by atoms with Crippen molar-refractivity contribution in [2.75, 3.05) is 0 Å². The van der Waals surface area contributed by atoms with Gasteiger partial charge in [0.15, 0.2) is 0 Å². The van der Waals surface area contributed by atoms with Crippen molar-refractivity contribution < 1.29 is 5.11 Å². The van der Waals surface area contributed by atoms with E-state index in [1.165, 1.54) is 0 Å². The molecule has 0 heterocycles. The number of rotatable bonds is 2. The second kappa shape index (κ2) is 4.24. The average molecular weight is 215 g/mol. The molecule has 2 heteroatoms. The topological polar surface area (TPSA) is 46.2 Å². The van der Waals surface area contributed by atoms with Crippen LogP contribution in [-0.4, -0.2) is 11.1 Å². The van der Waals surface area contributed by atoms with Gasteiger partial charge in [-0.25, -0.2) is 0 Å². The maximum Gasteiger partial charge on any atom is 0.111 e. The fourth-order valence-corrected chi connectivity index (χ4v) is 1.93. The summed E-state index contributed by atoms with van der Waals surface area (Å²) in [6.07, 6.45) is 6.65. The van der Waals surface area contributed by atoms with Gasteiger partial charge in [-0.3, -0.25) is 0 Å². The molecule has 2 unspecified atom stereocenters. The minimum Gasteiger partial charge on any atom is -0.381 e. The van der Waals surface area contributed by atoms with Gasteiger partial charge in [-0.05, 0) is 24.5 Å². The number of aliphatic hydroxyl groups is 1. The van der Waals surface area contributed by atoms with Crippen LogP contribution in [0.25, 0.3) is 0 Å². The molecule has 2 nitrogen and oxygen atoms in total. The van der Waals surface area contributed by atoms with Crippen molar-refractivity contribution in [3.63, 3.8) is 0 Å². The van der Waals surface area contributed by atoms with Crippen molar-refractivity contribution in [1.82, 2.24) is 0 Å². The van der Waals surface area contributed by atoms with Crippen molar-refractivity contribution in [3.8, 4) is 0 Å². The van der Waals surface area contributed by atoms with Gasteiger partial charge in [-0.2, -0.15) is 0 Å². The molecule has 0 saturated carbocycles. The molecule has 0 saturated heterocycles. The third-order valence-corrected chi connectivity index (χ3v) is 3.03. The third kappa shape index (κ3) is 2.08. The number of benzene rings is 1. The Morgan fingerprint density at radius 1 is 1.31 bits per heavy atom. The van der Waals surface area contributed by atoms with Crippen molar-refractivity contribution in [2.45, 2.75) is 25.0 Å². The highest BCUT2D eigenvalue weighted by molar-refractivity contribution is 5.39. The summed E-state index contributed by atoms with van der Waals surface area (Å²) in [6.45, 7) is 1.81. The molecule has 0 amide bonds. The van der Waals surface area contributed by atoms with Crippen LogP contribution in [0.5, 0.6) is 0 Å². The normalized spacial score (nSPS) is 23.7. The summed E-state index contributed by atoms with van der Waals surface area (Å²) in [5.74, 6) is 0. The van der Waals surface area contributed by atoms with Gasteiger partial charge in [0.2, 0.25) is 0 Å². The fraction of sp³-hybridized carbons (Fsp3) is 0.286. The van der Waals surface area contributed by atoms with Crippen molar-refractivity contribution >= 4 is 0 Å². The molecule has 0 fully saturated rings. The van der Waals surface area contributed by atoms with E-state index in [2.05, 4.69) is 0 Å². The monoisotopic (exact) mass is 215 g/mol. The predicted octanol–water partition coefficient (Wildman–Crippen LogP) is 2.11. The summed E-state index contributed by atoms with van der Waals surface area (Å²) in [5, 5.41) is 10.5. The van der Waals surface area contributed by atoms with Crippen LogP contribution in [0.3, 0.4) is 0 Å². The summed E-state index contributed by atoms with van der Waals surface area (Å²) >= 11 is 0. The van der Waals surface area contributed by atoms with Crippen molar-refractivity contribution in [3.05, 3.63) is 59.7 Å². The van der Waals surface area contributed by atoms with E-state index in [0.29, 0.717) is 0 Å². The Hall–Kier alpha value is -1.38. The van der Waals surface area contributed by atoms with Gasteiger partial charge < -0.3 is 10.8 Å². The SMILES string of the molecule is CC(O)(C1=CCC(N)C=C1)c1ccccc1. The zero-order chi connectivity index (χ0) is 11.6. The zero-order valence-corrected chi connectivity index (χ0v) is 9.43. The molecule has 0 radical (unpaired) electrons. The van der Waals surface area contributed by atoms with Gasteiger partial charge in [0.1, 0.15) is 5.60 Å². The lowest BCUT2D eigenvalue weighted by molar-refractivity contribution is 0.101. The summed E-state index contributed by atoms with van der Waals surface area (Å²) in [7, 11) is 0. The van der Waals surface area contributed by atoms with Crippen LogP contribution in [0.15, 0.2) is 54.1 Å². The van der Waals surface area contributed by atoms with Gasteiger partial charge in [-0.15, -0.1) is 0 Å². The first kappa shape index (κ1) is 11.1. The standard InChI is InChI=1S/C14H17NO/c1-14(16,11-5-3-2-4-6-11)12-7-9-13(15)10-8-12/h2-9,13,16H,10,15H2,1H3. The minimum atomic E-state index is -0.933. The molecule has 0 bridgehead atoms. The van der Waals surface area contributed by atoms with Crippen LogP contribution in [0.1, 0.15) is 18.9 Å². The number of hydrogen-bond donors (Lipinski definition) is 2. The Morgan fingerprint density at radius 2 is 2.00 bits per heavy atom. The van der Waals surface area contributed by atoms with Gasteiger partial charge in [0, 0.05) is 6.04 Å². The smallest absolute Gasteiger partial charge is 0.111 e.